The highest BCUT2D eigenvalue weighted by Gasteiger charge is 2.24. The third-order valence-corrected chi connectivity index (χ3v) is 4.46. The molecule has 2 heterocycles. The van der Waals surface area contributed by atoms with Gasteiger partial charge in [0.2, 0.25) is 5.91 Å². The van der Waals surface area contributed by atoms with Crippen molar-refractivity contribution in [3.05, 3.63) is 54.5 Å². The summed E-state index contributed by atoms with van der Waals surface area (Å²) in [5.74, 6) is 0.0490. The lowest BCUT2D eigenvalue weighted by atomic mass is 10.1. The first-order valence-electron chi connectivity index (χ1n) is 8.55. The summed E-state index contributed by atoms with van der Waals surface area (Å²) in [6, 6.07) is 12.9. The minimum Gasteiger partial charge on any atom is -0.459 e. The zero-order chi connectivity index (χ0) is 17.6. The summed E-state index contributed by atoms with van der Waals surface area (Å²) in [7, 11) is 0. The number of nitrogens with one attached hydrogen (secondary N) is 2. The van der Waals surface area contributed by atoms with Crippen molar-refractivity contribution in [2.24, 2.45) is 5.92 Å². The van der Waals surface area contributed by atoms with Gasteiger partial charge in [-0.1, -0.05) is 18.2 Å². The van der Waals surface area contributed by atoms with Gasteiger partial charge in [0, 0.05) is 25.3 Å². The van der Waals surface area contributed by atoms with E-state index in [1.54, 1.807) is 19.1 Å². The average molecular weight is 341 g/mol. The molecule has 2 aromatic rings. The van der Waals surface area contributed by atoms with Gasteiger partial charge in [-0.15, -0.1) is 0 Å². The summed E-state index contributed by atoms with van der Waals surface area (Å²) < 4.78 is 5.02. The Morgan fingerprint density at radius 2 is 2.04 bits per heavy atom. The molecule has 1 aromatic carbocycles. The Labute approximate surface area is 147 Å². The molecule has 25 heavy (non-hydrogen) atoms. The first kappa shape index (κ1) is 17.1. The van der Waals surface area contributed by atoms with Crippen LogP contribution in [-0.2, 0) is 4.79 Å². The Kier molecular flexibility index (Phi) is 5.38. The Balaban J connectivity index is 1.42. The molecule has 1 aliphatic heterocycles. The first-order valence-corrected chi connectivity index (χ1v) is 8.55. The smallest absolute Gasteiger partial charge is 0.287 e. The predicted molar refractivity (Wildman–Crippen MR) is 95.4 cm³/mol. The van der Waals surface area contributed by atoms with E-state index >= 15 is 0 Å². The maximum atomic E-state index is 12.2. The standard InChI is InChI=1S/C19H23N3O3/c1-14(21-19(24)17-8-5-11-25-17)18(23)20-12-15-9-10-22(13-15)16-6-3-2-4-7-16/h2-8,11,14-15H,9-10,12-13H2,1H3,(H,20,23)(H,21,24). The molecule has 2 atom stereocenters. The van der Waals surface area contributed by atoms with E-state index in [1.165, 1.54) is 12.0 Å². The van der Waals surface area contributed by atoms with Gasteiger partial charge in [-0.2, -0.15) is 0 Å². The van der Waals surface area contributed by atoms with Crippen molar-refractivity contribution in [2.45, 2.75) is 19.4 Å². The van der Waals surface area contributed by atoms with E-state index in [2.05, 4.69) is 27.7 Å². The van der Waals surface area contributed by atoms with Gasteiger partial charge >= 0.3 is 0 Å². The third kappa shape index (κ3) is 4.41. The van der Waals surface area contributed by atoms with Gasteiger partial charge in [-0.05, 0) is 43.5 Å². The van der Waals surface area contributed by atoms with Crippen molar-refractivity contribution in [1.29, 1.82) is 0 Å². The number of rotatable bonds is 6. The first-order chi connectivity index (χ1) is 12.1. The van der Waals surface area contributed by atoms with Crippen molar-refractivity contribution in [3.8, 4) is 0 Å². The fraction of sp³-hybridized carbons (Fsp3) is 0.368. The molecule has 3 rings (SSSR count). The molecule has 0 spiro atoms. The van der Waals surface area contributed by atoms with Crippen LogP contribution in [0.25, 0.3) is 0 Å². The highest BCUT2D eigenvalue weighted by Crippen LogP contribution is 2.22. The second-order valence-corrected chi connectivity index (χ2v) is 6.35. The molecule has 0 bridgehead atoms. The van der Waals surface area contributed by atoms with Crippen LogP contribution in [0.3, 0.4) is 0 Å². The number of carbonyl (C=O) groups excluding carboxylic acids is 2. The Hall–Kier alpha value is -2.76. The number of furan rings is 1. The Morgan fingerprint density at radius 3 is 2.76 bits per heavy atom. The van der Waals surface area contributed by atoms with Gasteiger partial charge in [-0.3, -0.25) is 9.59 Å². The van der Waals surface area contributed by atoms with Crippen LogP contribution in [0.15, 0.2) is 53.1 Å². The third-order valence-electron chi connectivity index (χ3n) is 4.46. The summed E-state index contributed by atoms with van der Waals surface area (Å²) in [6.45, 7) is 4.21. The lowest BCUT2D eigenvalue weighted by molar-refractivity contribution is -0.122. The fourth-order valence-electron chi connectivity index (χ4n) is 3.01. The van der Waals surface area contributed by atoms with Gasteiger partial charge in [0.25, 0.3) is 5.91 Å². The molecule has 1 saturated heterocycles. The Morgan fingerprint density at radius 1 is 1.24 bits per heavy atom. The normalized spacial score (nSPS) is 18.0. The SMILES string of the molecule is CC(NC(=O)c1ccco1)C(=O)NCC1CCN(c2ccccc2)C1. The Bertz CT molecular complexity index is 700. The maximum Gasteiger partial charge on any atom is 0.287 e. The highest BCUT2D eigenvalue weighted by atomic mass is 16.3. The van der Waals surface area contributed by atoms with Crippen LogP contribution in [0.5, 0.6) is 0 Å². The van der Waals surface area contributed by atoms with Crippen LogP contribution in [0.4, 0.5) is 5.69 Å². The van der Waals surface area contributed by atoms with Crippen LogP contribution in [0.2, 0.25) is 0 Å². The van der Waals surface area contributed by atoms with Crippen molar-refractivity contribution in [3.63, 3.8) is 0 Å². The monoisotopic (exact) mass is 341 g/mol. The number of benzene rings is 1. The number of carbonyl (C=O) groups is 2. The zero-order valence-corrected chi connectivity index (χ0v) is 14.3. The number of anilines is 1. The van der Waals surface area contributed by atoms with E-state index in [0.717, 1.165) is 19.5 Å². The number of hydrogen-bond donors (Lipinski definition) is 2. The van der Waals surface area contributed by atoms with Crippen LogP contribution >= 0.6 is 0 Å². The lowest BCUT2D eigenvalue weighted by Gasteiger charge is -2.19. The van der Waals surface area contributed by atoms with Crippen molar-refractivity contribution >= 4 is 17.5 Å². The summed E-state index contributed by atoms with van der Waals surface area (Å²) in [6.07, 6.45) is 2.47. The molecule has 2 unspecified atom stereocenters. The second kappa shape index (κ2) is 7.88. The van der Waals surface area contributed by atoms with Crippen LogP contribution in [-0.4, -0.2) is 37.5 Å². The minimum absolute atomic E-state index is 0.182. The molecular formula is C19H23N3O3. The molecule has 0 saturated carbocycles. The van der Waals surface area contributed by atoms with E-state index in [1.807, 2.05) is 18.2 Å². The van der Waals surface area contributed by atoms with E-state index < -0.39 is 6.04 Å². The van der Waals surface area contributed by atoms with Gasteiger partial charge in [0.15, 0.2) is 5.76 Å². The summed E-state index contributed by atoms with van der Waals surface area (Å²) in [5, 5.41) is 5.57. The summed E-state index contributed by atoms with van der Waals surface area (Å²) in [5.41, 5.74) is 1.22. The minimum atomic E-state index is -0.607. The molecule has 6 nitrogen and oxygen atoms in total. The largest absolute Gasteiger partial charge is 0.459 e. The highest BCUT2D eigenvalue weighted by molar-refractivity contribution is 5.95. The molecule has 132 valence electrons. The molecule has 1 fully saturated rings. The predicted octanol–water partition coefficient (Wildman–Crippen LogP) is 2.04. The second-order valence-electron chi connectivity index (χ2n) is 6.35. The van der Waals surface area contributed by atoms with Gasteiger partial charge in [0.05, 0.1) is 6.26 Å². The quantitative estimate of drug-likeness (QED) is 0.843. The number of nitrogens with zero attached hydrogens (tertiary/aromatic N) is 1. The number of para-hydroxylation sites is 1. The molecule has 2 amide bonds. The average Bonchev–Trinajstić information content (AvgIpc) is 3.32. The van der Waals surface area contributed by atoms with Gasteiger partial charge in [0.1, 0.15) is 6.04 Å². The van der Waals surface area contributed by atoms with Crippen molar-refractivity contribution < 1.29 is 14.0 Å². The van der Waals surface area contributed by atoms with Crippen molar-refractivity contribution in [2.75, 3.05) is 24.5 Å². The maximum absolute atomic E-state index is 12.2. The lowest BCUT2D eigenvalue weighted by Crippen LogP contribution is -2.46. The summed E-state index contributed by atoms with van der Waals surface area (Å²) in [4.78, 5) is 26.4. The molecule has 0 aliphatic carbocycles. The van der Waals surface area contributed by atoms with Crippen LogP contribution < -0.4 is 15.5 Å². The van der Waals surface area contributed by atoms with E-state index in [9.17, 15) is 9.59 Å². The van der Waals surface area contributed by atoms with E-state index in [4.69, 9.17) is 4.42 Å². The number of hydrogen-bond acceptors (Lipinski definition) is 4. The van der Waals surface area contributed by atoms with E-state index in [-0.39, 0.29) is 17.6 Å². The van der Waals surface area contributed by atoms with Crippen LogP contribution in [0, 0.1) is 5.92 Å². The molecule has 1 aromatic heterocycles. The van der Waals surface area contributed by atoms with E-state index in [0.29, 0.717) is 12.5 Å². The molecule has 0 radical (unpaired) electrons. The summed E-state index contributed by atoms with van der Waals surface area (Å²) >= 11 is 0. The van der Waals surface area contributed by atoms with Crippen LogP contribution in [0.1, 0.15) is 23.9 Å². The fourth-order valence-corrected chi connectivity index (χ4v) is 3.01. The van der Waals surface area contributed by atoms with Crippen molar-refractivity contribution in [1.82, 2.24) is 10.6 Å². The number of amides is 2. The topological polar surface area (TPSA) is 74.6 Å². The zero-order valence-electron chi connectivity index (χ0n) is 14.3. The molecular weight excluding hydrogens is 318 g/mol. The van der Waals surface area contributed by atoms with Gasteiger partial charge in [-0.25, -0.2) is 0 Å². The molecule has 6 heteroatoms. The molecule has 2 N–H and O–H groups in total. The van der Waals surface area contributed by atoms with Gasteiger partial charge < -0.3 is 20.0 Å². The molecule has 1 aliphatic rings.